The molecule has 0 spiro atoms. The first-order valence-electron chi connectivity index (χ1n) is 12.1. The summed E-state index contributed by atoms with van der Waals surface area (Å²) >= 11 is 0. The van der Waals surface area contributed by atoms with Crippen molar-refractivity contribution in [2.45, 2.75) is 90.3 Å². The molecule has 6 heteroatoms. The zero-order valence-corrected chi connectivity index (χ0v) is 20.5. The van der Waals surface area contributed by atoms with E-state index < -0.39 is 5.97 Å². The number of rotatable bonds is 3. The van der Waals surface area contributed by atoms with Gasteiger partial charge in [-0.15, -0.1) is 0 Å². The lowest BCUT2D eigenvalue weighted by molar-refractivity contribution is 0.0211. The maximum atomic E-state index is 11.8. The van der Waals surface area contributed by atoms with Crippen LogP contribution in [-0.4, -0.2) is 39.8 Å². The van der Waals surface area contributed by atoms with E-state index in [1.165, 1.54) is 38.5 Å². The van der Waals surface area contributed by atoms with Gasteiger partial charge in [0.2, 0.25) is 0 Å². The first-order valence-corrected chi connectivity index (χ1v) is 12.1. The molecule has 0 saturated heterocycles. The Hall–Kier alpha value is -2.70. The van der Waals surface area contributed by atoms with Gasteiger partial charge in [0.15, 0.2) is 0 Å². The van der Waals surface area contributed by atoms with Crippen molar-refractivity contribution >= 4 is 11.9 Å². The molecule has 0 atom stereocenters. The van der Waals surface area contributed by atoms with E-state index in [2.05, 4.69) is 0 Å². The second-order valence-electron chi connectivity index (χ2n) is 9.00. The molecule has 6 nitrogen and oxygen atoms in total. The van der Waals surface area contributed by atoms with Crippen LogP contribution in [0.1, 0.15) is 96.1 Å². The fourth-order valence-corrected chi connectivity index (χ4v) is 4.03. The number of ether oxygens (including phenoxy) is 1. The van der Waals surface area contributed by atoms with Crippen molar-refractivity contribution in [1.29, 1.82) is 0 Å². The van der Waals surface area contributed by atoms with Gasteiger partial charge in [0.05, 0.1) is 17.2 Å². The number of aliphatic hydroxyl groups is 1. The number of aromatic carboxylic acids is 1. The third-order valence-corrected chi connectivity index (χ3v) is 5.92. The van der Waals surface area contributed by atoms with E-state index in [-0.39, 0.29) is 23.7 Å². The van der Waals surface area contributed by atoms with Crippen molar-refractivity contribution < 1.29 is 30.0 Å². The standard InChI is InChI=1S/C14H18O2.C8H8O2.C6H12O.H2O/c1-11-6-5-7-12(10-11)14(15)16-13-8-3-2-4-9-13;1-6-3-2-4-7(5-6)8(9)10;7-6-4-2-1-3-5-6;/h5-7,10,13H,2-4,8-9H2,1H3;2-5H,1H3,(H,9,10);6-7H,1-5H2;1H2. The lowest BCUT2D eigenvalue weighted by Gasteiger charge is -2.21. The molecule has 34 heavy (non-hydrogen) atoms. The summed E-state index contributed by atoms with van der Waals surface area (Å²) in [7, 11) is 0. The predicted octanol–water partition coefficient (Wildman–Crippen LogP) is 5.66. The van der Waals surface area contributed by atoms with E-state index >= 15 is 0 Å². The molecule has 2 aliphatic rings. The smallest absolute Gasteiger partial charge is 0.338 e. The molecular weight excluding hydrogens is 432 g/mol. The second kappa shape index (κ2) is 16.0. The number of carbonyl (C=O) groups excluding carboxylic acids is 1. The van der Waals surface area contributed by atoms with Gasteiger partial charge in [0.1, 0.15) is 6.10 Å². The highest BCUT2D eigenvalue weighted by Gasteiger charge is 2.18. The maximum absolute atomic E-state index is 11.8. The number of hydrogen-bond acceptors (Lipinski definition) is 4. The van der Waals surface area contributed by atoms with Crippen LogP contribution in [0.2, 0.25) is 0 Å². The minimum absolute atomic E-state index is 0. The summed E-state index contributed by atoms with van der Waals surface area (Å²) in [5.74, 6) is -1.04. The van der Waals surface area contributed by atoms with E-state index in [1.807, 2.05) is 44.2 Å². The molecule has 2 aliphatic carbocycles. The quantitative estimate of drug-likeness (QED) is 0.559. The van der Waals surface area contributed by atoms with E-state index in [0.717, 1.165) is 36.8 Å². The lowest BCUT2D eigenvalue weighted by atomic mass is 9.98. The topological polar surface area (TPSA) is 115 Å². The van der Waals surface area contributed by atoms with Crippen LogP contribution < -0.4 is 0 Å². The lowest BCUT2D eigenvalue weighted by Crippen LogP contribution is -2.20. The van der Waals surface area contributed by atoms with E-state index in [1.54, 1.807) is 18.2 Å². The Kier molecular flexibility index (Phi) is 13.8. The summed E-state index contributed by atoms with van der Waals surface area (Å²) in [6.07, 6.45) is 11.8. The number of benzene rings is 2. The molecular formula is C28H40O6. The van der Waals surface area contributed by atoms with Gasteiger partial charge in [-0.25, -0.2) is 9.59 Å². The SMILES string of the molecule is Cc1cccc(C(=O)O)c1.Cc1cccc(C(=O)OC2CCCCC2)c1.O.OC1CCCCC1. The van der Waals surface area contributed by atoms with Crippen molar-refractivity contribution in [3.63, 3.8) is 0 Å². The number of carbonyl (C=O) groups is 2. The van der Waals surface area contributed by atoms with Crippen LogP contribution in [0.25, 0.3) is 0 Å². The minimum atomic E-state index is -0.872. The van der Waals surface area contributed by atoms with Crippen molar-refractivity contribution in [2.75, 3.05) is 0 Å². The summed E-state index contributed by atoms with van der Waals surface area (Å²) in [4.78, 5) is 22.2. The van der Waals surface area contributed by atoms with Gasteiger partial charge < -0.3 is 20.4 Å². The van der Waals surface area contributed by atoms with E-state index in [4.69, 9.17) is 14.9 Å². The number of esters is 1. The van der Waals surface area contributed by atoms with Crippen LogP contribution in [0.15, 0.2) is 48.5 Å². The monoisotopic (exact) mass is 472 g/mol. The predicted molar refractivity (Wildman–Crippen MR) is 134 cm³/mol. The molecule has 4 rings (SSSR count). The van der Waals surface area contributed by atoms with E-state index in [0.29, 0.717) is 11.1 Å². The molecule has 0 aliphatic heterocycles. The Morgan fingerprint density at radius 3 is 1.65 bits per heavy atom. The Morgan fingerprint density at radius 2 is 1.24 bits per heavy atom. The highest BCUT2D eigenvalue weighted by molar-refractivity contribution is 5.89. The van der Waals surface area contributed by atoms with Gasteiger partial charge in [-0.1, -0.05) is 61.1 Å². The highest BCUT2D eigenvalue weighted by Crippen LogP contribution is 2.21. The molecule has 0 amide bonds. The molecule has 0 heterocycles. The van der Waals surface area contributed by atoms with Gasteiger partial charge in [-0.2, -0.15) is 0 Å². The van der Waals surface area contributed by atoms with Crippen LogP contribution in [0.4, 0.5) is 0 Å². The Balaban J connectivity index is 0.000000275. The summed E-state index contributed by atoms with van der Waals surface area (Å²) in [5, 5.41) is 17.4. The van der Waals surface area contributed by atoms with Gasteiger partial charge in [-0.3, -0.25) is 0 Å². The molecule has 188 valence electrons. The number of carboxylic acids is 1. The second-order valence-corrected chi connectivity index (χ2v) is 9.00. The molecule has 0 unspecified atom stereocenters. The van der Waals surface area contributed by atoms with Gasteiger partial charge in [0, 0.05) is 0 Å². The van der Waals surface area contributed by atoms with E-state index in [9.17, 15) is 9.59 Å². The third-order valence-electron chi connectivity index (χ3n) is 5.92. The van der Waals surface area contributed by atoms with Crippen molar-refractivity contribution in [1.82, 2.24) is 0 Å². The average molecular weight is 473 g/mol. The molecule has 0 aromatic heterocycles. The average Bonchev–Trinajstić information content (AvgIpc) is 2.81. The zero-order chi connectivity index (χ0) is 24.1. The maximum Gasteiger partial charge on any atom is 0.338 e. The normalized spacial score (nSPS) is 16.0. The van der Waals surface area contributed by atoms with Crippen LogP contribution in [0.3, 0.4) is 0 Å². The number of aliphatic hydroxyl groups excluding tert-OH is 1. The van der Waals surface area contributed by atoms with Gasteiger partial charge >= 0.3 is 11.9 Å². The van der Waals surface area contributed by atoms with Crippen molar-refractivity contribution in [2.24, 2.45) is 0 Å². The fraction of sp³-hybridized carbons (Fsp3) is 0.500. The first kappa shape index (κ1) is 29.3. The fourth-order valence-electron chi connectivity index (χ4n) is 4.03. The largest absolute Gasteiger partial charge is 0.478 e. The van der Waals surface area contributed by atoms with Gasteiger partial charge in [0.25, 0.3) is 0 Å². The zero-order valence-electron chi connectivity index (χ0n) is 20.5. The molecule has 2 fully saturated rings. The van der Waals surface area contributed by atoms with Gasteiger partial charge in [-0.05, 0) is 76.6 Å². The number of aryl methyl sites for hydroxylation is 2. The summed E-state index contributed by atoms with van der Waals surface area (Å²) < 4.78 is 5.49. The first-order chi connectivity index (χ1) is 15.8. The Morgan fingerprint density at radius 1 is 0.765 bits per heavy atom. The highest BCUT2D eigenvalue weighted by atomic mass is 16.5. The number of carboxylic acid groups (broad SMARTS) is 1. The summed E-state index contributed by atoms with van der Waals surface area (Å²) in [6.45, 7) is 3.85. The van der Waals surface area contributed by atoms with Crippen LogP contribution in [-0.2, 0) is 4.74 Å². The molecule has 2 aromatic carbocycles. The Bertz CT molecular complexity index is 867. The molecule has 0 radical (unpaired) electrons. The molecule has 0 bridgehead atoms. The number of hydrogen-bond donors (Lipinski definition) is 2. The van der Waals surface area contributed by atoms with Crippen LogP contribution in [0, 0.1) is 13.8 Å². The van der Waals surface area contributed by atoms with Crippen LogP contribution >= 0.6 is 0 Å². The molecule has 4 N–H and O–H groups in total. The third kappa shape index (κ3) is 11.4. The van der Waals surface area contributed by atoms with Crippen molar-refractivity contribution in [3.8, 4) is 0 Å². The molecule has 2 aromatic rings. The summed E-state index contributed by atoms with van der Waals surface area (Å²) in [6, 6.07) is 14.4. The summed E-state index contributed by atoms with van der Waals surface area (Å²) in [5.41, 5.74) is 3.09. The molecule has 2 saturated carbocycles. The minimum Gasteiger partial charge on any atom is -0.478 e. The van der Waals surface area contributed by atoms with Crippen molar-refractivity contribution in [3.05, 3.63) is 70.8 Å². The van der Waals surface area contributed by atoms with Crippen LogP contribution in [0.5, 0.6) is 0 Å². The Labute approximate surface area is 203 Å².